The average Bonchev–Trinajstić information content (AvgIpc) is 2.41. The first-order valence-electron chi connectivity index (χ1n) is 7.15. The van der Waals surface area contributed by atoms with E-state index in [1.807, 2.05) is 19.1 Å². The molecule has 1 aromatic rings. The molecule has 0 saturated carbocycles. The molecule has 0 aromatic heterocycles. The van der Waals surface area contributed by atoms with Crippen LogP contribution in [0.25, 0.3) is 0 Å². The first-order valence-corrected chi connectivity index (χ1v) is 8.06. The summed E-state index contributed by atoms with van der Waals surface area (Å²) in [5, 5.41) is 0. The first-order chi connectivity index (χ1) is 9.71. The molecule has 0 radical (unpaired) electrons. The zero-order valence-corrected chi connectivity index (χ0v) is 14.3. The maximum Gasteiger partial charge on any atom is 0.325 e. The van der Waals surface area contributed by atoms with Gasteiger partial charge in [0.1, 0.15) is 5.78 Å². The Morgan fingerprint density at radius 3 is 2.24 bits per heavy atom. The molecule has 116 valence electrons. The standard InChI is InChI=1S/C17H24O3S/c1-12(18)10-11-21-20-16(19)13(2)14-6-8-15(9-7-14)17(3,4)5/h6-9,13H,10-11H2,1-5H3. The lowest BCUT2D eigenvalue weighted by atomic mass is 9.86. The van der Waals surface area contributed by atoms with Crippen LogP contribution in [0, 0.1) is 0 Å². The molecule has 0 fully saturated rings. The van der Waals surface area contributed by atoms with E-state index in [1.165, 1.54) is 12.5 Å². The Kier molecular flexibility index (Phi) is 6.46. The minimum Gasteiger partial charge on any atom is -0.391 e. The minimum absolute atomic E-state index is 0.101. The van der Waals surface area contributed by atoms with Gasteiger partial charge in [-0.2, -0.15) is 0 Å². The maximum absolute atomic E-state index is 11.9. The second-order valence-corrected chi connectivity index (χ2v) is 7.08. The summed E-state index contributed by atoms with van der Waals surface area (Å²) in [6, 6.07) is 8.07. The van der Waals surface area contributed by atoms with Crippen LogP contribution in [0.15, 0.2) is 24.3 Å². The van der Waals surface area contributed by atoms with Gasteiger partial charge in [-0.15, -0.1) is 0 Å². The van der Waals surface area contributed by atoms with Crippen LogP contribution in [0.2, 0.25) is 0 Å². The summed E-state index contributed by atoms with van der Waals surface area (Å²) in [4.78, 5) is 22.7. The first kappa shape index (κ1) is 17.8. The van der Waals surface area contributed by atoms with Crippen LogP contribution in [-0.2, 0) is 19.2 Å². The lowest BCUT2D eigenvalue weighted by molar-refractivity contribution is -0.134. The Hall–Kier alpha value is -1.29. The van der Waals surface area contributed by atoms with E-state index in [0.717, 1.165) is 17.6 Å². The number of ketones is 1. The summed E-state index contributed by atoms with van der Waals surface area (Å²) in [7, 11) is 0. The lowest BCUT2D eigenvalue weighted by Crippen LogP contribution is -2.13. The molecule has 0 aliphatic heterocycles. The predicted octanol–water partition coefficient (Wildman–Crippen LogP) is 4.26. The van der Waals surface area contributed by atoms with Gasteiger partial charge >= 0.3 is 5.97 Å². The van der Waals surface area contributed by atoms with Gasteiger partial charge in [-0.25, -0.2) is 0 Å². The van der Waals surface area contributed by atoms with Crippen molar-refractivity contribution in [1.82, 2.24) is 0 Å². The van der Waals surface area contributed by atoms with Crippen LogP contribution in [-0.4, -0.2) is 17.5 Å². The number of rotatable bonds is 6. The van der Waals surface area contributed by atoms with Gasteiger partial charge in [0.25, 0.3) is 0 Å². The second kappa shape index (κ2) is 7.64. The fourth-order valence-electron chi connectivity index (χ4n) is 1.77. The fourth-order valence-corrected chi connectivity index (χ4v) is 2.48. The van der Waals surface area contributed by atoms with Gasteiger partial charge in [-0.05, 0) is 30.4 Å². The molecule has 0 bridgehead atoms. The molecule has 1 atom stereocenters. The second-order valence-electron chi connectivity index (χ2n) is 6.27. The summed E-state index contributed by atoms with van der Waals surface area (Å²) >= 11 is 1.05. The van der Waals surface area contributed by atoms with Crippen molar-refractivity contribution in [2.75, 3.05) is 5.75 Å². The zero-order valence-electron chi connectivity index (χ0n) is 13.4. The van der Waals surface area contributed by atoms with E-state index >= 15 is 0 Å². The number of Topliss-reactive ketones (excluding diaryl/α,β-unsaturated/α-hetero) is 1. The molecule has 0 N–H and O–H groups in total. The predicted molar refractivity (Wildman–Crippen MR) is 87.4 cm³/mol. The topological polar surface area (TPSA) is 43.4 Å². The van der Waals surface area contributed by atoms with Crippen molar-refractivity contribution < 1.29 is 13.8 Å². The molecule has 0 saturated heterocycles. The Balaban J connectivity index is 2.56. The van der Waals surface area contributed by atoms with E-state index in [1.54, 1.807) is 0 Å². The highest BCUT2D eigenvalue weighted by Gasteiger charge is 2.19. The van der Waals surface area contributed by atoms with E-state index in [4.69, 9.17) is 4.18 Å². The van der Waals surface area contributed by atoms with Crippen LogP contribution in [0.1, 0.15) is 58.1 Å². The molecule has 0 aliphatic carbocycles. The third-order valence-corrected chi connectivity index (χ3v) is 3.96. The monoisotopic (exact) mass is 308 g/mol. The molecule has 0 spiro atoms. The van der Waals surface area contributed by atoms with Crippen molar-refractivity contribution in [3.63, 3.8) is 0 Å². The summed E-state index contributed by atoms with van der Waals surface area (Å²) < 4.78 is 5.13. The van der Waals surface area contributed by atoms with Crippen LogP contribution in [0.5, 0.6) is 0 Å². The van der Waals surface area contributed by atoms with Crippen molar-refractivity contribution in [2.45, 2.75) is 52.4 Å². The third-order valence-electron chi connectivity index (χ3n) is 3.31. The summed E-state index contributed by atoms with van der Waals surface area (Å²) in [6.45, 7) is 9.84. The van der Waals surface area contributed by atoms with Crippen molar-refractivity contribution >= 4 is 23.8 Å². The lowest BCUT2D eigenvalue weighted by Gasteiger charge is -2.20. The van der Waals surface area contributed by atoms with Gasteiger partial charge in [0, 0.05) is 12.2 Å². The van der Waals surface area contributed by atoms with Crippen LogP contribution < -0.4 is 0 Å². The number of hydrogen-bond acceptors (Lipinski definition) is 4. The van der Waals surface area contributed by atoms with E-state index in [2.05, 4.69) is 32.9 Å². The fraction of sp³-hybridized carbons (Fsp3) is 0.529. The largest absolute Gasteiger partial charge is 0.391 e. The molecule has 1 aromatic carbocycles. The number of carbonyl (C=O) groups is 2. The average molecular weight is 308 g/mol. The Morgan fingerprint density at radius 1 is 1.19 bits per heavy atom. The van der Waals surface area contributed by atoms with Gasteiger partial charge in [-0.3, -0.25) is 9.59 Å². The number of hydrogen-bond donors (Lipinski definition) is 0. The molecule has 4 heteroatoms. The molecule has 0 amide bonds. The Bertz CT molecular complexity index is 486. The van der Waals surface area contributed by atoms with Crippen molar-refractivity contribution in [1.29, 1.82) is 0 Å². The number of benzene rings is 1. The molecular formula is C17H24O3S. The van der Waals surface area contributed by atoms with Crippen molar-refractivity contribution in [2.24, 2.45) is 0 Å². The van der Waals surface area contributed by atoms with Gasteiger partial charge < -0.3 is 4.18 Å². The highest BCUT2D eigenvalue weighted by molar-refractivity contribution is 7.95. The molecule has 3 nitrogen and oxygen atoms in total. The number of carbonyl (C=O) groups excluding carboxylic acids is 2. The van der Waals surface area contributed by atoms with Gasteiger partial charge in [0.2, 0.25) is 0 Å². The van der Waals surface area contributed by atoms with E-state index in [-0.39, 0.29) is 23.1 Å². The van der Waals surface area contributed by atoms with E-state index in [9.17, 15) is 9.59 Å². The molecule has 0 heterocycles. The minimum atomic E-state index is -0.302. The highest BCUT2D eigenvalue weighted by atomic mass is 32.2. The summed E-state index contributed by atoms with van der Waals surface area (Å²) in [5.41, 5.74) is 2.29. The molecule has 0 aliphatic rings. The smallest absolute Gasteiger partial charge is 0.325 e. The van der Waals surface area contributed by atoms with E-state index in [0.29, 0.717) is 12.2 Å². The molecule has 21 heavy (non-hydrogen) atoms. The normalized spacial score (nSPS) is 12.8. The third kappa shape index (κ3) is 5.92. The van der Waals surface area contributed by atoms with Gasteiger partial charge in [-0.1, -0.05) is 45.0 Å². The molecule has 1 rings (SSSR count). The SMILES string of the molecule is CC(=O)CCSOC(=O)C(C)c1ccc(C(C)(C)C)cc1. The summed E-state index contributed by atoms with van der Waals surface area (Å²) in [6.07, 6.45) is 0.423. The van der Waals surface area contributed by atoms with Gasteiger partial charge in [0.05, 0.1) is 18.0 Å². The van der Waals surface area contributed by atoms with Gasteiger partial charge in [0.15, 0.2) is 0 Å². The van der Waals surface area contributed by atoms with Crippen LogP contribution in [0.3, 0.4) is 0 Å². The molecular weight excluding hydrogens is 284 g/mol. The highest BCUT2D eigenvalue weighted by Crippen LogP contribution is 2.25. The van der Waals surface area contributed by atoms with Crippen molar-refractivity contribution in [3.8, 4) is 0 Å². The van der Waals surface area contributed by atoms with E-state index < -0.39 is 0 Å². The van der Waals surface area contributed by atoms with Crippen molar-refractivity contribution in [3.05, 3.63) is 35.4 Å². The van der Waals surface area contributed by atoms with Crippen LogP contribution >= 0.6 is 12.0 Å². The summed E-state index contributed by atoms with van der Waals surface area (Å²) in [5.74, 6) is 0.0387. The zero-order chi connectivity index (χ0) is 16.0. The van der Waals surface area contributed by atoms with Crippen LogP contribution in [0.4, 0.5) is 0 Å². The Morgan fingerprint density at radius 2 is 1.76 bits per heavy atom. The Labute approximate surface area is 131 Å². The quantitative estimate of drug-likeness (QED) is 0.582. The maximum atomic E-state index is 11.9. The molecule has 1 unspecified atom stereocenters.